The molecule has 1 saturated carbocycles. The zero-order valence-corrected chi connectivity index (χ0v) is 12.3. The van der Waals surface area contributed by atoms with Gasteiger partial charge in [-0.1, -0.05) is 12.5 Å². The summed E-state index contributed by atoms with van der Waals surface area (Å²) in [7, 11) is 0. The van der Waals surface area contributed by atoms with Crippen molar-refractivity contribution in [3.8, 4) is 11.5 Å². The zero-order chi connectivity index (χ0) is 14.2. The Morgan fingerprint density at radius 2 is 2.05 bits per heavy atom. The molecule has 0 radical (unpaired) electrons. The van der Waals surface area contributed by atoms with Crippen molar-refractivity contribution in [2.24, 2.45) is 11.8 Å². The standard InChI is InChI=1S/C17H23NO3/c19-15(9-14-13-3-1-2-12(13)10-18-14)11-4-5-16-17(8-11)21-7-6-20-16/h4-5,8,12-15,18-19H,1-3,6-7,9-10H2. The van der Waals surface area contributed by atoms with Crippen LogP contribution in [0, 0.1) is 11.8 Å². The fraction of sp³-hybridized carbons (Fsp3) is 0.647. The fourth-order valence-electron chi connectivity index (χ4n) is 4.20. The number of hydrogen-bond donors (Lipinski definition) is 2. The third-order valence-electron chi connectivity index (χ3n) is 5.31. The zero-order valence-electron chi connectivity index (χ0n) is 12.3. The Bertz CT molecular complexity index is 519. The molecule has 0 aromatic heterocycles. The maximum atomic E-state index is 10.6. The molecule has 4 heteroatoms. The van der Waals surface area contributed by atoms with Gasteiger partial charge in [0.1, 0.15) is 13.2 Å². The molecule has 1 saturated heterocycles. The topological polar surface area (TPSA) is 50.7 Å². The van der Waals surface area contributed by atoms with Gasteiger partial charge in [-0.15, -0.1) is 0 Å². The first kappa shape index (κ1) is 13.4. The van der Waals surface area contributed by atoms with Gasteiger partial charge in [-0.25, -0.2) is 0 Å². The second-order valence-corrected chi connectivity index (χ2v) is 6.52. The van der Waals surface area contributed by atoms with E-state index in [-0.39, 0.29) is 0 Å². The van der Waals surface area contributed by atoms with Crippen LogP contribution >= 0.6 is 0 Å². The number of hydrogen-bond acceptors (Lipinski definition) is 4. The van der Waals surface area contributed by atoms with Crippen LogP contribution in [-0.4, -0.2) is 30.9 Å². The van der Waals surface area contributed by atoms with Crippen LogP contribution < -0.4 is 14.8 Å². The molecule has 2 fully saturated rings. The van der Waals surface area contributed by atoms with Crippen molar-refractivity contribution in [1.82, 2.24) is 5.32 Å². The Morgan fingerprint density at radius 3 is 2.95 bits per heavy atom. The van der Waals surface area contributed by atoms with Crippen LogP contribution in [0.2, 0.25) is 0 Å². The molecule has 114 valence electrons. The summed E-state index contributed by atoms with van der Waals surface area (Å²) < 4.78 is 11.1. The maximum absolute atomic E-state index is 10.6. The van der Waals surface area contributed by atoms with Crippen molar-refractivity contribution in [3.63, 3.8) is 0 Å². The van der Waals surface area contributed by atoms with Crippen LogP contribution in [0.3, 0.4) is 0 Å². The van der Waals surface area contributed by atoms with Gasteiger partial charge in [-0.05, 0) is 55.3 Å². The molecule has 21 heavy (non-hydrogen) atoms. The van der Waals surface area contributed by atoms with Gasteiger partial charge in [0.05, 0.1) is 6.10 Å². The summed E-state index contributed by atoms with van der Waals surface area (Å²) in [6.07, 6.45) is 4.39. The molecule has 3 aliphatic rings. The number of rotatable bonds is 3. The highest BCUT2D eigenvalue weighted by atomic mass is 16.6. The van der Waals surface area contributed by atoms with Crippen LogP contribution in [0.4, 0.5) is 0 Å². The van der Waals surface area contributed by atoms with Crippen molar-refractivity contribution >= 4 is 0 Å². The van der Waals surface area contributed by atoms with Gasteiger partial charge >= 0.3 is 0 Å². The van der Waals surface area contributed by atoms with E-state index in [0.717, 1.165) is 41.9 Å². The van der Waals surface area contributed by atoms with Crippen LogP contribution in [0.5, 0.6) is 11.5 Å². The van der Waals surface area contributed by atoms with E-state index >= 15 is 0 Å². The summed E-state index contributed by atoms with van der Waals surface area (Å²) >= 11 is 0. The Morgan fingerprint density at radius 1 is 1.19 bits per heavy atom. The van der Waals surface area contributed by atoms with Crippen molar-refractivity contribution in [2.75, 3.05) is 19.8 Å². The monoisotopic (exact) mass is 289 g/mol. The number of aliphatic hydroxyl groups excluding tert-OH is 1. The lowest BCUT2D eigenvalue weighted by Gasteiger charge is -2.23. The first-order chi connectivity index (χ1) is 10.3. The smallest absolute Gasteiger partial charge is 0.161 e. The molecule has 1 aromatic carbocycles. The Balaban J connectivity index is 1.46. The van der Waals surface area contributed by atoms with Crippen molar-refractivity contribution in [2.45, 2.75) is 37.8 Å². The molecular formula is C17H23NO3. The molecule has 4 rings (SSSR count). The average Bonchev–Trinajstić information content (AvgIpc) is 3.12. The second kappa shape index (κ2) is 5.50. The van der Waals surface area contributed by atoms with E-state index in [0.29, 0.717) is 19.3 Å². The van der Waals surface area contributed by atoms with E-state index in [1.165, 1.54) is 19.3 Å². The van der Waals surface area contributed by atoms with E-state index < -0.39 is 6.10 Å². The van der Waals surface area contributed by atoms with Crippen molar-refractivity contribution < 1.29 is 14.6 Å². The SMILES string of the molecule is OC(CC1NCC2CCCC21)c1ccc2c(c1)OCCO2. The predicted octanol–water partition coefficient (Wildman–Crippen LogP) is 2.27. The molecule has 0 bridgehead atoms. The van der Waals surface area contributed by atoms with Crippen LogP contribution in [0.25, 0.3) is 0 Å². The number of ether oxygens (including phenoxy) is 2. The molecule has 1 aromatic rings. The first-order valence-corrected chi connectivity index (χ1v) is 8.12. The van der Waals surface area contributed by atoms with Crippen LogP contribution in [0.15, 0.2) is 18.2 Å². The van der Waals surface area contributed by atoms with Gasteiger partial charge in [0.15, 0.2) is 11.5 Å². The molecule has 2 aliphatic heterocycles. The number of aliphatic hydroxyl groups is 1. The summed E-state index contributed by atoms with van der Waals surface area (Å²) in [4.78, 5) is 0. The molecule has 0 spiro atoms. The molecule has 4 unspecified atom stereocenters. The molecule has 2 heterocycles. The van der Waals surface area contributed by atoms with Gasteiger partial charge in [-0.2, -0.15) is 0 Å². The highest BCUT2D eigenvalue weighted by Crippen LogP contribution is 2.41. The quantitative estimate of drug-likeness (QED) is 0.896. The summed E-state index contributed by atoms with van der Waals surface area (Å²) in [6.45, 7) is 2.31. The summed E-state index contributed by atoms with van der Waals surface area (Å²) in [6, 6.07) is 6.26. The third-order valence-corrected chi connectivity index (χ3v) is 5.31. The average molecular weight is 289 g/mol. The minimum Gasteiger partial charge on any atom is -0.486 e. The predicted molar refractivity (Wildman–Crippen MR) is 79.6 cm³/mol. The van der Waals surface area contributed by atoms with E-state index in [9.17, 15) is 5.11 Å². The number of benzene rings is 1. The van der Waals surface area contributed by atoms with Crippen molar-refractivity contribution in [1.29, 1.82) is 0 Å². The Hall–Kier alpha value is -1.26. The molecule has 1 aliphatic carbocycles. The molecule has 0 amide bonds. The minimum absolute atomic E-state index is 0.433. The summed E-state index contributed by atoms with van der Waals surface area (Å²) in [5, 5.41) is 14.2. The van der Waals surface area contributed by atoms with E-state index in [1.54, 1.807) is 0 Å². The molecular weight excluding hydrogens is 266 g/mol. The maximum Gasteiger partial charge on any atom is 0.161 e. The Kier molecular flexibility index (Phi) is 3.51. The normalized spacial score (nSPS) is 32.0. The summed E-state index contributed by atoms with van der Waals surface area (Å²) in [5.74, 6) is 3.14. The lowest BCUT2D eigenvalue weighted by Crippen LogP contribution is -2.29. The van der Waals surface area contributed by atoms with Crippen molar-refractivity contribution in [3.05, 3.63) is 23.8 Å². The van der Waals surface area contributed by atoms with E-state index in [2.05, 4.69) is 5.32 Å². The summed E-state index contributed by atoms with van der Waals surface area (Å²) in [5.41, 5.74) is 0.933. The van der Waals surface area contributed by atoms with Crippen LogP contribution in [-0.2, 0) is 0 Å². The molecule has 2 N–H and O–H groups in total. The lowest BCUT2D eigenvalue weighted by atomic mass is 9.89. The Labute approximate surface area is 125 Å². The second-order valence-electron chi connectivity index (χ2n) is 6.52. The highest BCUT2D eigenvalue weighted by Gasteiger charge is 2.39. The van der Waals surface area contributed by atoms with Gasteiger partial charge in [-0.3, -0.25) is 0 Å². The third kappa shape index (κ3) is 2.51. The first-order valence-electron chi connectivity index (χ1n) is 8.12. The number of fused-ring (bicyclic) bond motifs is 2. The molecule has 4 atom stereocenters. The lowest BCUT2D eigenvalue weighted by molar-refractivity contribution is 0.142. The van der Waals surface area contributed by atoms with Gasteiger partial charge in [0, 0.05) is 6.04 Å². The van der Waals surface area contributed by atoms with Gasteiger partial charge in [0.25, 0.3) is 0 Å². The number of nitrogens with one attached hydrogen (secondary N) is 1. The largest absolute Gasteiger partial charge is 0.486 e. The van der Waals surface area contributed by atoms with Crippen LogP contribution in [0.1, 0.15) is 37.4 Å². The molecule has 4 nitrogen and oxygen atoms in total. The van der Waals surface area contributed by atoms with E-state index in [4.69, 9.17) is 9.47 Å². The van der Waals surface area contributed by atoms with Gasteiger partial charge in [0.2, 0.25) is 0 Å². The fourth-order valence-corrected chi connectivity index (χ4v) is 4.20. The highest BCUT2D eigenvalue weighted by molar-refractivity contribution is 5.44. The van der Waals surface area contributed by atoms with E-state index in [1.807, 2.05) is 18.2 Å². The minimum atomic E-state index is -0.433. The van der Waals surface area contributed by atoms with Gasteiger partial charge < -0.3 is 19.9 Å².